The van der Waals surface area contributed by atoms with E-state index in [2.05, 4.69) is 14.8 Å². The van der Waals surface area contributed by atoms with E-state index in [4.69, 9.17) is 0 Å². The van der Waals surface area contributed by atoms with Crippen LogP contribution in [-0.2, 0) is 23.1 Å². The molecular weight excluding hydrogens is 508 g/mol. The molecule has 1 aliphatic rings. The number of alkyl halides is 3. The molecule has 2 aromatic heterocycles. The first-order valence-electron chi connectivity index (χ1n) is 10.7. The molecular formula is C21H24F4N6O2S2. The number of thiazole rings is 1. The van der Waals surface area contributed by atoms with Crippen molar-refractivity contribution < 1.29 is 26.0 Å². The molecule has 0 amide bonds. The highest BCUT2D eigenvalue weighted by atomic mass is 32.2. The van der Waals surface area contributed by atoms with Gasteiger partial charge < -0.3 is 4.90 Å². The Morgan fingerprint density at radius 1 is 1.31 bits per heavy atom. The zero-order valence-corrected chi connectivity index (χ0v) is 20.6. The van der Waals surface area contributed by atoms with Crippen LogP contribution in [-0.4, -0.2) is 60.4 Å². The van der Waals surface area contributed by atoms with Crippen LogP contribution >= 0.6 is 11.3 Å². The Labute approximate surface area is 204 Å². The van der Waals surface area contributed by atoms with Gasteiger partial charge in [0, 0.05) is 50.0 Å². The minimum Gasteiger partial charge on any atom is -0.370 e. The molecule has 1 fully saturated rings. The Hall–Kier alpha value is -2.71. The third-order valence-corrected chi connectivity index (χ3v) is 7.86. The smallest absolute Gasteiger partial charge is 0.370 e. The highest BCUT2D eigenvalue weighted by molar-refractivity contribution is 7.92. The van der Waals surface area contributed by atoms with Gasteiger partial charge in [0.15, 0.2) is 5.82 Å². The minimum atomic E-state index is -4.36. The highest BCUT2D eigenvalue weighted by Gasteiger charge is 2.32. The Morgan fingerprint density at radius 3 is 2.77 bits per heavy atom. The molecule has 1 atom stereocenters. The fourth-order valence-corrected chi connectivity index (χ4v) is 5.89. The molecule has 0 radical (unpaired) electrons. The summed E-state index contributed by atoms with van der Waals surface area (Å²) in [6, 6.07) is 4.04. The number of nitrogens with one attached hydrogen (secondary N) is 1. The summed E-state index contributed by atoms with van der Waals surface area (Å²) in [7, 11) is -2.35. The van der Waals surface area contributed by atoms with Gasteiger partial charge >= 0.3 is 6.18 Å². The molecule has 0 spiro atoms. The molecule has 1 N–H and O–H groups in total. The van der Waals surface area contributed by atoms with Crippen molar-refractivity contribution in [2.75, 3.05) is 29.8 Å². The fraction of sp³-hybridized carbons (Fsp3) is 0.429. The zero-order chi connectivity index (χ0) is 25.4. The van der Waals surface area contributed by atoms with Gasteiger partial charge in [0.25, 0.3) is 10.0 Å². The van der Waals surface area contributed by atoms with Crippen molar-refractivity contribution in [2.24, 2.45) is 0 Å². The predicted octanol–water partition coefficient (Wildman–Crippen LogP) is 3.86. The molecule has 1 aromatic carbocycles. The number of hydrogen-bond donors (Lipinski definition) is 1. The monoisotopic (exact) mass is 532 g/mol. The Morgan fingerprint density at radius 2 is 2.09 bits per heavy atom. The van der Waals surface area contributed by atoms with Crippen molar-refractivity contribution in [1.82, 2.24) is 19.7 Å². The fourth-order valence-electron chi connectivity index (χ4n) is 4.19. The molecule has 0 bridgehead atoms. The Bertz CT molecular complexity index is 1280. The minimum absolute atomic E-state index is 0.0253. The van der Waals surface area contributed by atoms with Crippen molar-refractivity contribution in [3.05, 3.63) is 52.4 Å². The van der Waals surface area contributed by atoms with Crippen LogP contribution in [0.1, 0.15) is 17.7 Å². The van der Waals surface area contributed by atoms with Crippen molar-refractivity contribution in [3.8, 4) is 0 Å². The lowest BCUT2D eigenvalue weighted by Crippen LogP contribution is -2.35. The Kier molecular flexibility index (Phi) is 7.06. The van der Waals surface area contributed by atoms with Crippen molar-refractivity contribution >= 4 is 32.9 Å². The average molecular weight is 533 g/mol. The van der Waals surface area contributed by atoms with Gasteiger partial charge in [-0.2, -0.15) is 18.3 Å². The lowest BCUT2D eigenvalue weighted by molar-refractivity contribution is -0.143. The van der Waals surface area contributed by atoms with Gasteiger partial charge in [-0.1, -0.05) is 0 Å². The molecule has 8 nitrogen and oxygen atoms in total. The summed E-state index contributed by atoms with van der Waals surface area (Å²) in [5.41, 5.74) is 3.06. The van der Waals surface area contributed by atoms with Crippen LogP contribution in [0.3, 0.4) is 0 Å². The highest BCUT2D eigenvalue weighted by Crippen LogP contribution is 2.30. The molecule has 14 heteroatoms. The summed E-state index contributed by atoms with van der Waals surface area (Å²) in [6.07, 6.45) is -2.28. The first kappa shape index (κ1) is 25.4. The van der Waals surface area contributed by atoms with Gasteiger partial charge in [-0.15, -0.1) is 11.3 Å². The second-order valence-electron chi connectivity index (χ2n) is 8.43. The van der Waals surface area contributed by atoms with Crippen LogP contribution in [0, 0.1) is 12.7 Å². The van der Waals surface area contributed by atoms with E-state index in [1.165, 1.54) is 40.6 Å². The number of aromatic nitrogens is 3. The number of rotatable bonds is 8. The SMILES string of the molecule is Cc1cc(S(=O)(=O)Nc2cscn2)c(F)cc1N(C)C1CCN(Cc2ccnn2CC(F)(F)F)C1. The summed E-state index contributed by atoms with van der Waals surface area (Å²) in [5, 5.41) is 5.28. The van der Waals surface area contributed by atoms with Crippen LogP contribution in [0.2, 0.25) is 0 Å². The number of likely N-dealkylation sites (N-methyl/N-ethyl adjacent to an activating group) is 1. The lowest BCUT2D eigenvalue weighted by atomic mass is 10.1. The molecule has 3 aromatic rings. The summed E-state index contributed by atoms with van der Waals surface area (Å²) in [5.74, 6) is -0.762. The van der Waals surface area contributed by atoms with Gasteiger partial charge in [-0.3, -0.25) is 14.3 Å². The van der Waals surface area contributed by atoms with Crippen LogP contribution in [0.25, 0.3) is 0 Å². The van der Waals surface area contributed by atoms with E-state index in [0.717, 1.165) is 11.1 Å². The number of anilines is 2. The molecule has 1 unspecified atom stereocenters. The third kappa shape index (κ3) is 5.93. The van der Waals surface area contributed by atoms with Crippen LogP contribution in [0.15, 0.2) is 40.2 Å². The Balaban J connectivity index is 1.45. The molecule has 1 saturated heterocycles. The van der Waals surface area contributed by atoms with E-state index in [1.807, 2.05) is 9.80 Å². The average Bonchev–Trinajstić information content (AvgIpc) is 3.51. The van der Waals surface area contributed by atoms with Gasteiger partial charge in [0.2, 0.25) is 0 Å². The third-order valence-electron chi connectivity index (χ3n) is 5.91. The van der Waals surface area contributed by atoms with E-state index in [0.29, 0.717) is 36.6 Å². The molecule has 0 aliphatic carbocycles. The first-order valence-corrected chi connectivity index (χ1v) is 13.1. The van der Waals surface area contributed by atoms with Crippen molar-refractivity contribution in [1.29, 1.82) is 0 Å². The number of sulfonamides is 1. The van der Waals surface area contributed by atoms with Gasteiger partial charge in [-0.25, -0.2) is 17.8 Å². The number of likely N-dealkylation sites (tertiary alicyclic amines) is 1. The maximum atomic E-state index is 14.9. The maximum absolute atomic E-state index is 14.9. The number of hydrogen-bond acceptors (Lipinski definition) is 7. The number of aryl methyl sites for hydroxylation is 1. The van der Waals surface area contributed by atoms with Crippen molar-refractivity contribution in [3.63, 3.8) is 0 Å². The molecule has 3 heterocycles. The molecule has 35 heavy (non-hydrogen) atoms. The number of benzene rings is 1. The summed E-state index contributed by atoms with van der Waals surface area (Å²) in [4.78, 5) is 7.30. The summed E-state index contributed by atoms with van der Waals surface area (Å²) in [6.45, 7) is 2.08. The largest absolute Gasteiger partial charge is 0.408 e. The molecule has 4 rings (SSSR count). The quantitative estimate of drug-likeness (QED) is 0.444. The molecule has 1 aliphatic heterocycles. The maximum Gasteiger partial charge on any atom is 0.408 e. The summed E-state index contributed by atoms with van der Waals surface area (Å²) >= 11 is 1.21. The summed E-state index contributed by atoms with van der Waals surface area (Å²) < 4.78 is 81.8. The van der Waals surface area contributed by atoms with E-state index in [1.54, 1.807) is 20.0 Å². The van der Waals surface area contributed by atoms with Crippen LogP contribution in [0.4, 0.5) is 29.1 Å². The van der Waals surface area contributed by atoms with Gasteiger partial charge in [0.05, 0.1) is 11.2 Å². The van der Waals surface area contributed by atoms with Gasteiger partial charge in [-0.05, 0) is 37.1 Å². The molecule has 0 saturated carbocycles. The second kappa shape index (κ2) is 9.74. The lowest BCUT2D eigenvalue weighted by Gasteiger charge is -2.29. The van der Waals surface area contributed by atoms with E-state index in [9.17, 15) is 26.0 Å². The number of halogens is 4. The van der Waals surface area contributed by atoms with E-state index < -0.39 is 33.5 Å². The second-order valence-corrected chi connectivity index (χ2v) is 10.8. The van der Waals surface area contributed by atoms with E-state index >= 15 is 0 Å². The normalized spacial score (nSPS) is 17.1. The zero-order valence-electron chi connectivity index (χ0n) is 19.0. The van der Waals surface area contributed by atoms with E-state index in [-0.39, 0.29) is 11.9 Å². The van der Waals surface area contributed by atoms with Crippen LogP contribution < -0.4 is 9.62 Å². The topological polar surface area (TPSA) is 83.4 Å². The first-order chi connectivity index (χ1) is 16.4. The number of nitrogens with zero attached hydrogens (tertiary/aromatic N) is 5. The molecule has 190 valence electrons. The van der Waals surface area contributed by atoms with Crippen LogP contribution in [0.5, 0.6) is 0 Å². The standard InChI is InChI=1S/C21H24F4N6O2S2/c1-14-7-19(35(32,33)28-20-11-34-13-26-20)17(22)8-18(14)29(2)15-4-6-30(9-15)10-16-3-5-27-31(16)12-21(23,24)25/h3,5,7-8,11,13,15,28H,4,6,9-10,12H2,1-2H3. The van der Waals surface area contributed by atoms with Crippen molar-refractivity contribution in [2.45, 2.75) is 43.5 Å². The van der Waals surface area contributed by atoms with Gasteiger partial charge in [0.1, 0.15) is 17.3 Å². The predicted molar refractivity (Wildman–Crippen MR) is 124 cm³/mol.